The molecule has 1 aromatic carbocycles. The summed E-state index contributed by atoms with van der Waals surface area (Å²) in [6, 6.07) is 8.95. The van der Waals surface area contributed by atoms with Gasteiger partial charge in [-0.2, -0.15) is 0 Å². The largest absolute Gasteiger partial charge is 0.365 e. The van der Waals surface area contributed by atoms with Crippen LogP contribution in [0.2, 0.25) is 0 Å². The highest BCUT2D eigenvalue weighted by atomic mass is 17.3. The van der Waals surface area contributed by atoms with Crippen LogP contribution in [0.15, 0.2) is 35.5 Å². The molecule has 10 fully saturated rings. The van der Waals surface area contributed by atoms with Gasteiger partial charge in [0.05, 0.1) is 17.4 Å². The summed E-state index contributed by atoms with van der Waals surface area (Å²) in [4.78, 5) is 44.0. The second-order valence-electron chi connectivity index (χ2n) is 17.3. The molecule has 0 aromatic heterocycles. The molecule has 11 heteroatoms. The van der Waals surface area contributed by atoms with E-state index in [0.29, 0.717) is 29.5 Å². The first-order valence-corrected chi connectivity index (χ1v) is 19.2. The molecule has 2 aliphatic carbocycles. The molecule has 2 saturated carbocycles. The summed E-state index contributed by atoms with van der Waals surface area (Å²) in [6.07, 6.45) is 5.88. The maximum atomic E-state index is 13.3. The van der Waals surface area contributed by atoms with E-state index in [1.165, 1.54) is 0 Å². The molecule has 0 N–H and O–H groups in total. The third-order valence-corrected chi connectivity index (χ3v) is 14.4. The highest BCUT2D eigenvalue weighted by Gasteiger charge is 2.71. The molecule has 8 heterocycles. The fourth-order valence-corrected chi connectivity index (χ4v) is 11.6. The van der Waals surface area contributed by atoms with Crippen LogP contribution in [0, 0.1) is 47.3 Å². The summed E-state index contributed by atoms with van der Waals surface area (Å²) in [7, 11) is 0. The number of ether oxygens (including phenoxy) is 4. The lowest BCUT2D eigenvalue weighted by atomic mass is 9.56. The van der Waals surface area contributed by atoms with Crippen LogP contribution in [0.25, 0.3) is 0 Å². The van der Waals surface area contributed by atoms with Gasteiger partial charge in [0, 0.05) is 31.1 Å². The summed E-state index contributed by atoms with van der Waals surface area (Å²) in [5.74, 6) is -0.583. The SMILES string of the molecule is C[C@H]1[C@@H](/C(C[C@H]2O[C@@H]3OC4(C)CC[C@H]5[C@H](C)CC[C@@H]([C@H]2C)[C@@]35OO4)=N\OC(=O)c2ccccc2)O[C@@H]2OC3(C)CC[C@H]4[C@H](C)CC[C@@H]1[C@@]24OO3. The molecule has 8 aliphatic heterocycles. The van der Waals surface area contributed by atoms with Crippen molar-refractivity contribution in [2.24, 2.45) is 52.5 Å². The molecule has 50 heavy (non-hydrogen) atoms. The van der Waals surface area contributed by atoms with E-state index >= 15 is 0 Å². The second-order valence-corrected chi connectivity index (χ2v) is 17.3. The lowest BCUT2D eigenvalue weighted by Gasteiger charge is -2.61. The lowest BCUT2D eigenvalue weighted by molar-refractivity contribution is -0.571. The highest BCUT2D eigenvalue weighted by Crippen LogP contribution is 2.63. The Morgan fingerprint density at radius 3 is 1.88 bits per heavy atom. The molecule has 1 aromatic rings. The van der Waals surface area contributed by atoms with E-state index in [2.05, 4.69) is 32.9 Å². The molecule has 2 unspecified atom stereocenters. The minimum Gasteiger partial charge on any atom is -0.345 e. The standard InChI is InChI=1S/C39H53NO10/c1-21-12-14-28-23(3)31(42-34-38(28)26(21)16-18-36(5,44-34)47-49-38)20-30(40-46-33(41)25-10-8-7-9-11-25)32-24(4)29-15-13-22(2)27-17-19-37(6)45-35(43-32)39(27,29)50-48-37/h7-11,21-24,26-29,31-32,34-35H,12-20H2,1-6H3/b40-30-/t21-,22-,23-,24-,26+,27+,28+,29+,31-,32+,34-,35-,36?,37?,38-,39-/m1/s1. The van der Waals surface area contributed by atoms with Gasteiger partial charge >= 0.3 is 5.97 Å². The number of nitrogens with zero attached hydrogens (tertiary/aromatic N) is 1. The van der Waals surface area contributed by atoms with E-state index in [4.69, 9.17) is 43.3 Å². The van der Waals surface area contributed by atoms with Crippen LogP contribution in [-0.4, -0.2) is 59.2 Å². The molecular formula is C39H53NO10. The average Bonchev–Trinajstić information content (AvgIpc) is 3.48. The van der Waals surface area contributed by atoms with Crippen molar-refractivity contribution in [3.05, 3.63) is 35.9 Å². The van der Waals surface area contributed by atoms with E-state index < -0.39 is 47.4 Å². The number of oxime groups is 1. The van der Waals surface area contributed by atoms with Gasteiger partial charge in [-0.25, -0.2) is 24.3 Å². The summed E-state index contributed by atoms with van der Waals surface area (Å²) in [5, 5.41) is 4.67. The van der Waals surface area contributed by atoms with Gasteiger partial charge in [-0.1, -0.05) is 51.0 Å². The lowest BCUT2D eigenvalue weighted by Crippen LogP contribution is -2.71. The number of hydrogen-bond donors (Lipinski definition) is 0. The van der Waals surface area contributed by atoms with Gasteiger partial charge in [-0.3, -0.25) is 0 Å². The van der Waals surface area contributed by atoms with Gasteiger partial charge in [0.25, 0.3) is 0 Å². The number of carbonyl (C=O) groups excluding carboxylic acids is 1. The average molecular weight is 696 g/mol. The molecule has 274 valence electrons. The predicted molar refractivity (Wildman–Crippen MR) is 178 cm³/mol. The first-order valence-electron chi connectivity index (χ1n) is 19.2. The van der Waals surface area contributed by atoms with Crippen LogP contribution >= 0.6 is 0 Å². The van der Waals surface area contributed by atoms with Gasteiger partial charge in [-0.05, 0) is 100 Å². The zero-order valence-electron chi connectivity index (χ0n) is 30.2. The number of rotatable bonds is 5. The second kappa shape index (κ2) is 12.0. The zero-order valence-corrected chi connectivity index (χ0v) is 30.2. The molecule has 4 bridgehead atoms. The van der Waals surface area contributed by atoms with Gasteiger partial charge in [0.1, 0.15) is 6.10 Å². The predicted octanol–water partition coefficient (Wildman–Crippen LogP) is 7.09. The Morgan fingerprint density at radius 1 is 0.720 bits per heavy atom. The van der Waals surface area contributed by atoms with E-state index in [9.17, 15) is 4.79 Å². The maximum Gasteiger partial charge on any atom is 0.365 e. The van der Waals surface area contributed by atoms with E-state index in [1.54, 1.807) is 12.1 Å². The highest BCUT2D eigenvalue weighted by molar-refractivity contribution is 5.92. The summed E-state index contributed by atoms with van der Waals surface area (Å²) in [6.45, 7) is 13.0. The molecule has 2 spiro atoms. The molecule has 11 rings (SSSR count). The van der Waals surface area contributed by atoms with Crippen molar-refractivity contribution in [1.82, 2.24) is 0 Å². The van der Waals surface area contributed by atoms with Crippen molar-refractivity contribution < 1.29 is 48.1 Å². The van der Waals surface area contributed by atoms with Crippen LogP contribution in [0.3, 0.4) is 0 Å². The minimum absolute atomic E-state index is 0.0315. The normalized spacial score (nSPS) is 52.3. The summed E-state index contributed by atoms with van der Waals surface area (Å²) >= 11 is 0. The number of benzene rings is 1. The monoisotopic (exact) mass is 695 g/mol. The minimum atomic E-state index is -0.905. The van der Waals surface area contributed by atoms with Gasteiger partial charge in [0.15, 0.2) is 23.8 Å². The molecular weight excluding hydrogens is 642 g/mol. The third-order valence-electron chi connectivity index (χ3n) is 14.4. The fourth-order valence-electron chi connectivity index (χ4n) is 11.6. The van der Waals surface area contributed by atoms with Crippen LogP contribution in [0.4, 0.5) is 0 Å². The van der Waals surface area contributed by atoms with Crippen molar-refractivity contribution in [2.45, 2.75) is 147 Å². The topological polar surface area (TPSA) is 113 Å². The first-order chi connectivity index (χ1) is 24.0. The number of carbonyl (C=O) groups is 1. The Balaban J connectivity index is 1.07. The quantitative estimate of drug-likeness (QED) is 0.137. The van der Waals surface area contributed by atoms with Gasteiger partial charge in [0.2, 0.25) is 11.6 Å². The van der Waals surface area contributed by atoms with E-state index in [1.807, 2.05) is 32.0 Å². The molecule has 11 nitrogen and oxygen atoms in total. The Hall–Kier alpha value is -1.96. The van der Waals surface area contributed by atoms with Crippen LogP contribution in [-0.2, 0) is 43.3 Å². The van der Waals surface area contributed by atoms with Crippen LogP contribution in [0.5, 0.6) is 0 Å². The Morgan fingerprint density at radius 2 is 1.28 bits per heavy atom. The van der Waals surface area contributed by atoms with Crippen molar-refractivity contribution >= 4 is 11.7 Å². The molecule has 0 amide bonds. The number of fused-ring (bicyclic) bond motifs is 4. The van der Waals surface area contributed by atoms with E-state index in [0.717, 1.165) is 51.4 Å². The van der Waals surface area contributed by atoms with Crippen molar-refractivity contribution in [1.29, 1.82) is 0 Å². The Kier molecular flexibility index (Phi) is 8.14. The summed E-state index contributed by atoms with van der Waals surface area (Å²) < 4.78 is 27.4. The zero-order chi connectivity index (χ0) is 34.6. The Labute approximate surface area is 294 Å². The van der Waals surface area contributed by atoms with Crippen molar-refractivity contribution in [3.63, 3.8) is 0 Å². The number of hydrogen-bond acceptors (Lipinski definition) is 11. The molecule has 10 aliphatic rings. The molecule has 16 atom stereocenters. The molecule has 0 radical (unpaired) electrons. The fraction of sp³-hybridized carbons (Fsp3) is 0.795. The molecule has 8 saturated heterocycles. The third kappa shape index (κ3) is 4.97. The van der Waals surface area contributed by atoms with Gasteiger partial charge < -0.3 is 23.8 Å². The first kappa shape index (κ1) is 33.8. The summed E-state index contributed by atoms with van der Waals surface area (Å²) in [5.41, 5.74) is -0.337. The van der Waals surface area contributed by atoms with Crippen molar-refractivity contribution in [3.8, 4) is 0 Å². The van der Waals surface area contributed by atoms with Gasteiger partial charge in [-0.15, -0.1) is 0 Å². The van der Waals surface area contributed by atoms with E-state index in [-0.39, 0.29) is 41.6 Å². The van der Waals surface area contributed by atoms with Crippen molar-refractivity contribution in [2.75, 3.05) is 0 Å². The van der Waals surface area contributed by atoms with Crippen LogP contribution in [0.1, 0.15) is 110 Å². The van der Waals surface area contributed by atoms with Crippen LogP contribution < -0.4 is 0 Å². The Bertz CT molecular complexity index is 1510. The smallest absolute Gasteiger partial charge is 0.345 e. The maximum absolute atomic E-state index is 13.3.